The molecule has 5 heteroatoms. The molecule has 0 saturated carbocycles. The van der Waals surface area contributed by atoms with Crippen molar-refractivity contribution >= 4 is 5.91 Å². The van der Waals surface area contributed by atoms with Crippen LogP contribution in [0.3, 0.4) is 0 Å². The number of amides is 1. The van der Waals surface area contributed by atoms with Crippen molar-refractivity contribution in [3.63, 3.8) is 0 Å². The van der Waals surface area contributed by atoms with E-state index in [-0.39, 0.29) is 5.91 Å². The van der Waals surface area contributed by atoms with Crippen LogP contribution in [0, 0.1) is 5.41 Å². The van der Waals surface area contributed by atoms with Gasteiger partial charge in [0, 0.05) is 32.3 Å². The molecule has 33 heavy (non-hydrogen) atoms. The Bertz CT molecular complexity index is 923. The molecule has 1 atom stereocenters. The summed E-state index contributed by atoms with van der Waals surface area (Å²) in [5, 5.41) is 3.29. The van der Waals surface area contributed by atoms with Crippen LogP contribution in [0.5, 0.6) is 5.75 Å². The molecule has 2 aliphatic rings. The molecule has 2 aliphatic heterocycles. The first-order valence-electron chi connectivity index (χ1n) is 12.4. The van der Waals surface area contributed by atoms with E-state index in [1.807, 2.05) is 12.1 Å². The van der Waals surface area contributed by atoms with Crippen LogP contribution in [0.25, 0.3) is 11.1 Å². The first-order chi connectivity index (χ1) is 16.1. The Labute approximate surface area is 198 Å². The molecule has 2 fully saturated rings. The number of methoxy groups -OCH3 is 1. The van der Waals surface area contributed by atoms with Gasteiger partial charge in [0.15, 0.2) is 0 Å². The molecule has 1 N–H and O–H groups in total. The zero-order chi connectivity index (χ0) is 23.1. The first kappa shape index (κ1) is 23.8. The summed E-state index contributed by atoms with van der Waals surface area (Å²) in [6.45, 7) is 6.39. The summed E-state index contributed by atoms with van der Waals surface area (Å²) in [6, 6.07) is 17.3. The van der Waals surface area contributed by atoms with Gasteiger partial charge in [-0.15, -0.1) is 0 Å². The number of nitrogens with zero attached hydrogens (tertiary/aromatic N) is 1. The molecule has 4 rings (SSSR count). The van der Waals surface area contributed by atoms with E-state index in [2.05, 4.69) is 53.5 Å². The van der Waals surface area contributed by atoms with Crippen LogP contribution < -0.4 is 10.1 Å². The molecule has 2 saturated heterocycles. The van der Waals surface area contributed by atoms with Gasteiger partial charge < -0.3 is 14.8 Å². The number of rotatable bonds is 8. The third-order valence-electron chi connectivity index (χ3n) is 7.43. The van der Waals surface area contributed by atoms with Crippen LogP contribution in [0.1, 0.15) is 44.6 Å². The van der Waals surface area contributed by atoms with Crippen LogP contribution >= 0.6 is 0 Å². The van der Waals surface area contributed by atoms with Crippen molar-refractivity contribution in [1.82, 2.24) is 10.2 Å². The first-order valence-corrected chi connectivity index (χ1v) is 12.4. The van der Waals surface area contributed by atoms with Crippen molar-refractivity contribution in [2.45, 2.75) is 51.5 Å². The Morgan fingerprint density at radius 2 is 1.88 bits per heavy atom. The predicted octanol–water partition coefficient (Wildman–Crippen LogP) is 4.69. The van der Waals surface area contributed by atoms with Crippen molar-refractivity contribution < 1.29 is 14.3 Å². The van der Waals surface area contributed by atoms with E-state index >= 15 is 0 Å². The summed E-state index contributed by atoms with van der Waals surface area (Å²) < 4.78 is 11.0. The highest BCUT2D eigenvalue weighted by Crippen LogP contribution is 2.36. The van der Waals surface area contributed by atoms with Crippen LogP contribution in [-0.4, -0.2) is 56.8 Å². The van der Waals surface area contributed by atoms with E-state index in [1.54, 1.807) is 7.11 Å². The molecule has 5 nitrogen and oxygen atoms in total. The molecule has 0 bridgehead atoms. The molecule has 2 aromatic rings. The SMILES string of the molecule is COc1cccc(-c2cccc(CC3(C(=O)NCCN4CCCC[C@@H]4C)CCOCC3)c2)c1. The van der Waals surface area contributed by atoms with Crippen molar-refractivity contribution in [2.24, 2.45) is 5.41 Å². The molecular formula is C28H38N2O3. The quantitative estimate of drug-likeness (QED) is 0.634. The molecule has 178 valence electrons. The second-order valence-corrected chi connectivity index (χ2v) is 9.64. The minimum Gasteiger partial charge on any atom is -0.497 e. The van der Waals surface area contributed by atoms with Crippen LogP contribution in [0.15, 0.2) is 48.5 Å². The number of piperidine rings is 1. The van der Waals surface area contributed by atoms with Gasteiger partial charge in [0.25, 0.3) is 0 Å². The summed E-state index contributed by atoms with van der Waals surface area (Å²) >= 11 is 0. The highest BCUT2D eigenvalue weighted by atomic mass is 16.5. The largest absolute Gasteiger partial charge is 0.497 e. The fourth-order valence-electron chi connectivity index (χ4n) is 5.29. The maximum absolute atomic E-state index is 13.5. The number of benzene rings is 2. The van der Waals surface area contributed by atoms with Gasteiger partial charge in [-0.1, -0.05) is 42.8 Å². The lowest BCUT2D eigenvalue weighted by molar-refractivity contribution is -0.136. The van der Waals surface area contributed by atoms with E-state index in [4.69, 9.17) is 9.47 Å². The Morgan fingerprint density at radius 3 is 2.64 bits per heavy atom. The zero-order valence-electron chi connectivity index (χ0n) is 20.1. The van der Waals surface area contributed by atoms with E-state index in [0.29, 0.717) is 19.3 Å². The van der Waals surface area contributed by atoms with E-state index < -0.39 is 5.41 Å². The van der Waals surface area contributed by atoms with Gasteiger partial charge in [-0.2, -0.15) is 0 Å². The van der Waals surface area contributed by atoms with Gasteiger partial charge in [0.2, 0.25) is 5.91 Å². The summed E-state index contributed by atoms with van der Waals surface area (Å²) in [4.78, 5) is 16.0. The summed E-state index contributed by atoms with van der Waals surface area (Å²) in [6.07, 6.45) is 6.12. The van der Waals surface area contributed by atoms with Crippen molar-refractivity contribution in [3.8, 4) is 16.9 Å². The van der Waals surface area contributed by atoms with Crippen molar-refractivity contribution in [3.05, 3.63) is 54.1 Å². The minimum atomic E-state index is -0.404. The fraction of sp³-hybridized carbons (Fsp3) is 0.536. The topological polar surface area (TPSA) is 50.8 Å². The molecule has 1 amide bonds. The van der Waals surface area contributed by atoms with Crippen LogP contribution in [-0.2, 0) is 16.0 Å². The highest BCUT2D eigenvalue weighted by molar-refractivity contribution is 5.83. The molecule has 2 aromatic carbocycles. The lowest BCUT2D eigenvalue weighted by Gasteiger charge is -2.37. The third kappa shape index (κ3) is 5.96. The molecule has 2 heterocycles. The highest BCUT2D eigenvalue weighted by Gasteiger charge is 2.40. The summed E-state index contributed by atoms with van der Waals surface area (Å²) in [7, 11) is 1.69. The Balaban J connectivity index is 1.45. The Kier molecular flexibility index (Phi) is 8.05. The molecule has 0 radical (unpaired) electrons. The van der Waals surface area contributed by atoms with Gasteiger partial charge >= 0.3 is 0 Å². The standard InChI is InChI=1S/C28H38N2O3/c1-22-7-3-4-15-30(22)16-14-29-27(31)28(12-17-33-18-13-28)21-23-8-5-9-24(19-23)25-10-6-11-26(20-25)32-2/h5-6,8-11,19-20,22H,3-4,7,12-18,21H2,1-2H3,(H,29,31)/t22-/m0/s1. The van der Waals surface area contributed by atoms with E-state index in [1.165, 1.54) is 24.8 Å². The Hall–Kier alpha value is -2.37. The van der Waals surface area contributed by atoms with Crippen LogP contribution in [0.2, 0.25) is 0 Å². The predicted molar refractivity (Wildman–Crippen MR) is 133 cm³/mol. The number of likely N-dealkylation sites (tertiary alicyclic amines) is 1. The number of carbonyl (C=O) groups is 1. The second-order valence-electron chi connectivity index (χ2n) is 9.64. The average Bonchev–Trinajstić information content (AvgIpc) is 2.86. The smallest absolute Gasteiger partial charge is 0.226 e. The normalized spacial score (nSPS) is 20.8. The number of nitrogens with one attached hydrogen (secondary N) is 1. The van der Waals surface area contributed by atoms with E-state index in [0.717, 1.165) is 55.8 Å². The minimum absolute atomic E-state index is 0.183. The summed E-state index contributed by atoms with van der Waals surface area (Å²) in [5.41, 5.74) is 3.06. The van der Waals surface area contributed by atoms with Crippen molar-refractivity contribution in [2.75, 3.05) is 40.0 Å². The maximum atomic E-state index is 13.5. The second kappa shape index (κ2) is 11.2. The molecule has 0 aliphatic carbocycles. The zero-order valence-corrected chi connectivity index (χ0v) is 20.1. The lowest BCUT2D eigenvalue weighted by Crippen LogP contribution is -2.49. The van der Waals surface area contributed by atoms with Gasteiger partial charge in [-0.05, 0) is 74.4 Å². The number of hydrogen-bond acceptors (Lipinski definition) is 4. The van der Waals surface area contributed by atoms with Crippen LogP contribution in [0.4, 0.5) is 0 Å². The molecule has 0 aromatic heterocycles. The summed E-state index contributed by atoms with van der Waals surface area (Å²) in [5.74, 6) is 1.03. The fourth-order valence-corrected chi connectivity index (χ4v) is 5.29. The lowest BCUT2D eigenvalue weighted by atomic mass is 9.74. The number of carbonyl (C=O) groups excluding carboxylic acids is 1. The maximum Gasteiger partial charge on any atom is 0.226 e. The van der Waals surface area contributed by atoms with Gasteiger partial charge in [0.1, 0.15) is 5.75 Å². The molecule has 0 spiro atoms. The average molecular weight is 451 g/mol. The van der Waals surface area contributed by atoms with Gasteiger partial charge in [0.05, 0.1) is 12.5 Å². The molecule has 0 unspecified atom stereocenters. The third-order valence-corrected chi connectivity index (χ3v) is 7.43. The van der Waals surface area contributed by atoms with Crippen molar-refractivity contribution in [1.29, 1.82) is 0 Å². The monoisotopic (exact) mass is 450 g/mol. The van der Waals surface area contributed by atoms with E-state index in [9.17, 15) is 4.79 Å². The number of hydrogen-bond donors (Lipinski definition) is 1. The Morgan fingerprint density at radius 1 is 1.12 bits per heavy atom. The van der Waals surface area contributed by atoms with Gasteiger partial charge in [-0.3, -0.25) is 9.69 Å². The van der Waals surface area contributed by atoms with Gasteiger partial charge in [-0.25, -0.2) is 0 Å². The molecular weight excluding hydrogens is 412 g/mol. The number of ether oxygens (including phenoxy) is 2.